The van der Waals surface area contributed by atoms with Gasteiger partial charge in [0.2, 0.25) is 0 Å². The number of carbonyl (C=O) groups is 1. The average Bonchev–Trinajstić information content (AvgIpc) is 2.53. The fraction of sp³-hybridized carbons (Fsp3) is 0.583. The van der Waals surface area contributed by atoms with Gasteiger partial charge in [-0.25, -0.2) is 0 Å². The first kappa shape index (κ1) is 8.74. The number of carbonyl (C=O) groups excluding carboxylic acids is 1. The second-order valence-corrected chi connectivity index (χ2v) is 4.25. The van der Waals surface area contributed by atoms with Crippen LogP contribution in [0, 0.1) is 17.8 Å². The van der Waals surface area contributed by atoms with Gasteiger partial charge in [0.05, 0.1) is 0 Å². The van der Waals surface area contributed by atoms with E-state index in [9.17, 15) is 4.79 Å². The first-order valence-electron chi connectivity index (χ1n) is 5.04. The highest BCUT2D eigenvalue weighted by molar-refractivity contribution is 5.79. The van der Waals surface area contributed by atoms with Crippen LogP contribution < -0.4 is 0 Å². The largest absolute Gasteiger partial charge is 0.300 e. The first-order chi connectivity index (χ1) is 6.20. The van der Waals surface area contributed by atoms with Crippen molar-refractivity contribution in [3.05, 3.63) is 23.8 Å². The van der Waals surface area contributed by atoms with Crippen LogP contribution in [-0.2, 0) is 4.79 Å². The van der Waals surface area contributed by atoms with Gasteiger partial charge in [-0.05, 0) is 32.6 Å². The zero-order valence-electron chi connectivity index (χ0n) is 8.29. The summed E-state index contributed by atoms with van der Waals surface area (Å²) in [7, 11) is 0. The van der Waals surface area contributed by atoms with Crippen LogP contribution in [0.25, 0.3) is 0 Å². The van der Waals surface area contributed by atoms with E-state index in [4.69, 9.17) is 0 Å². The maximum absolute atomic E-state index is 11.4. The molecule has 0 spiro atoms. The van der Waals surface area contributed by atoms with Gasteiger partial charge in [-0.15, -0.1) is 0 Å². The van der Waals surface area contributed by atoms with Crippen LogP contribution in [0.1, 0.15) is 26.7 Å². The smallest absolute Gasteiger partial charge is 0.133 e. The van der Waals surface area contributed by atoms with Gasteiger partial charge < -0.3 is 0 Å². The Hall–Kier alpha value is -0.850. The van der Waals surface area contributed by atoms with Gasteiger partial charge in [-0.1, -0.05) is 23.8 Å². The lowest BCUT2D eigenvalue weighted by Crippen LogP contribution is -2.28. The van der Waals surface area contributed by atoms with Crippen LogP contribution in [0.2, 0.25) is 0 Å². The number of allylic oxidation sites excluding steroid dienone is 4. The van der Waals surface area contributed by atoms with E-state index < -0.39 is 0 Å². The van der Waals surface area contributed by atoms with Crippen molar-refractivity contribution in [2.24, 2.45) is 17.8 Å². The van der Waals surface area contributed by atoms with Crippen molar-refractivity contribution in [2.45, 2.75) is 26.7 Å². The summed E-state index contributed by atoms with van der Waals surface area (Å²) in [4.78, 5) is 11.4. The highest BCUT2D eigenvalue weighted by Gasteiger charge is 2.35. The van der Waals surface area contributed by atoms with Crippen molar-refractivity contribution in [3.8, 4) is 0 Å². The topological polar surface area (TPSA) is 17.1 Å². The van der Waals surface area contributed by atoms with E-state index in [1.54, 1.807) is 6.92 Å². The molecule has 0 fully saturated rings. The molecule has 0 heterocycles. The van der Waals surface area contributed by atoms with Crippen molar-refractivity contribution in [1.29, 1.82) is 0 Å². The molecule has 0 aromatic rings. The van der Waals surface area contributed by atoms with Gasteiger partial charge in [0.15, 0.2) is 0 Å². The Morgan fingerprint density at radius 3 is 2.92 bits per heavy atom. The molecule has 0 saturated carbocycles. The molecular formula is C12H16O. The SMILES string of the molecule is CC(=O)C1CC=C(C)[C@H]2C=CC[C@@H]12. The molecule has 70 valence electrons. The second kappa shape index (κ2) is 3.13. The lowest BCUT2D eigenvalue weighted by Gasteiger charge is -2.31. The first-order valence-corrected chi connectivity index (χ1v) is 5.04. The van der Waals surface area contributed by atoms with Crippen LogP contribution in [-0.4, -0.2) is 5.78 Å². The Bertz CT molecular complexity index is 285. The van der Waals surface area contributed by atoms with Crippen molar-refractivity contribution in [3.63, 3.8) is 0 Å². The summed E-state index contributed by atoms with van der Waals surface area (Å²) in [5, 5.41) is 0. The molecule has 2 aliphatic carbocycles. The van der Waals surface area contributed by atoms with Gasteiger partial charge >= 0.3 is 0 Å². The number of Topliss-reactive ketones (excluding diaryl/α,β-unsaturated/α-hetero) is 1. The molecule has 2 rings (SSSR count). The molecular weight excluding hydrogens is 160 g/mol. The fourth-order valence-electron chi connectivity index (χ4n) is 2.67. The summed E-state index contributed by atoms with van der Waals surface area (Å²) in [6.07, 6.45) is 8.80. The summed E-state index contributed by atoms with van der Waals surface area (Å²) < 4.78 is 0. The van der Waals surface area contributed by atoms with E-state index in [-0.39, 0.29) is 5.92 Å². The van der Waals surface area contributed by atoms with Crippen LogP contribution in [0.4, 0.5) is 0 Å². The predicted octanol–water partition coefficient (Wildman–Crippen LogP) is 2.73. The Balaban J connectivity index is 2.25. The van der Waals surface area contributed by atoms with Crippen LogP contribution in [0.5, 0.6) is 0 Å². The molecule has 0 aromatic heterocycles. The average molecular weight is 176 g/mol. The quantitative estimate of drug-likeness (QED) is 0.561. The minimum absolute atomic E-state index is 0.281. The minimum Gasteiger partial charge on any atom is -0.300 e. The van der Waals surface area contributed by atoms with Crippen molar-refractivity contribution < 1.29 is 4.79 Å². The highest BCUT2D eigenvalue weighted by Crippen LogP contribution is 2.42. The number of hydrogen-bond donors (Lipinski definition) is 0. The lowest BCUT2D eigenvalue weighted by molar-refractivity contribution is -0.122. The third kappa shape index (κ3) is 1.37. The van der Waals surface area contributed by atoms with E-state index in [2.05, 4.69) is 25.2 Å². The number of hydrogen-bond acceptors (Lipinski definition) is 1. The van der Waals surface area contributed by atoms with Gasteiger partial charge in [0.25, 0.3) is 0 Å². The zero-order chi connectivity index (χ0) is 9.42. The third-order valence-corrected chi connectivity index (χ3v) is 3.47. The molecule has 0 N–H and O–H groups in total. The molecule has 0 aromatic carbocycles. The molecule has 13 heavy (non-hydrogen) atoms. The van der Waals surface area contributed by atoms with Gasteiger partial charge in [0, 0.05) is 11.8 Å². The van der Waals surface area contributed by atoms with Crippen LogP contribution >= 0.6 is 0 Å². The predicted molar refractivity (Wildman–Crippen MR) is 53.3 cm³/mol. The highest BCUT2D eigenvalue weighted by atomic mass is 16.1. The maximum Gasteiger partial charge on any atom is 0.133 e. The van der Waals surface area contributed by atoms with Crippen LogP contribution in [0.3, 0.4) is 0 Å². The third-order valence-electron chi connectivity index (χ3n) is 3.47. The van der Waals surface area contributed by atoms with E-state index >= 15 is 0 Å². The van der Waals surface area contributed by atoms with Gasteiger partial charge in [-0.2, -0.15) is 0 Å². The second-order valence-electron chi connectivity index (χ2n) is 4.25. The fourth-order valence-corrected chi connectivity index (χ4v) is 2.67. The van der Waals surface area contributed by atoms with Gasteiger partial charge in [0.1, 0.15) is 5.78 Å². The summed E-state index contributed by atoms with van der Waals surface area (Å²) in [5.74, 6) is 1.77. The summed E-state index contributed by atoms with van der Waals surface area (Å²) in [6.45, 7) is 3.91. The number of fused-ring (bicyclic) bond motifs is 1. The molecule has 1 unspecified atom stereocenters. The van der Waals surface area contributed by atoms with E-state index in [1.807, 2.05) is 0 Å². The lowest BCUT2D eigenvalue weighted by atomic mass is 9.72. The Labute approximate surface area is 79.5 Å². The molecule has 0 saturated heterocycles. The molecule has 2 aliphatic rings. The summed E-state index contributed by atoms with van der Waals surface area (Å²) in [6, 6.07) is 0. The number of rotatable bonds is 1. The molecule has 0 aliphatic heterocycles. The van der Waals surface area contributed by atoms with Crippen molar-refractivity contribution in [2.75, 3.05) is 0 Å². The molecule has 0 bridgehead atoms. The molecule has 1 nitrogen and oxygen atoms in total. The molecule has 0 radical (unpaired) electrons. The van der Waals surface area contributed by atoms with Crippen LogP contribution in [0.15, 0.2) is 23.8 Å². The standard InChI is InChI=1S/C12H16O/c1-8-6-7-11(9(2)13)12-5-3-4-10(8)12/h3-4,6,10-12H,5,7H2,1-2H3/t10-,11?,12-/m1/s1. The summed E-state index contributed by atoms with van der Waals surface area (Å²) >= 11 is 0. The normalized spacial score (nSPS) is 37.1. The Kier molecular flexibility index (Phi) is 2.10. The monoisotopic (exact) mass is 176 g/mol. The minimum atomic E-state index is 0.281. The Morgan fingerprint density at radius 1 is 1.46 bits per heavy atom. The maximum atomic E-state index is 11.4. The van der Waals surface area contributed by atoms with Crippen molar-refractivity contribution in [1.82, 2.24) is 0 Å². The van der Waals surface area contributed by atoms with E-state index in [0.29, 0.717) is 17.6 Å². The van der Waals surface area contributed by atoms with E-state index in [0.717, 1.165) is 12.8 Å². The molecule has 1 heteroatoms. The molecule has 0 amide bonds. The Morgan fingerprint density at radius 2 is 2.23 bits per heavy atom. The summed E-state index contributed by atoms with van der Waals surface area (Å²) in [5.41, 5.74) is 1.45. The molecule has 3 atom stereocenters. The van der Waals surface area contributed by atoms with Crippen molar-refractivity contribution >= 4 is 5.78 Å². The van der Waals surface area contributed by atoms with Gasteiger partial charge in [-0.3, -0.25) is 4.79 Å². The zero-order valence-corrected chi connectivity index (χ0v) is 8.29. The van der Waals surface area contributed by atoms with E-state index in [1.165, 1.54) is 5.57 Å². The number of ketones is 1.